The van der Waals surface area contributed by atoms with Crippen molar-refractivity contribution in [1.29, 1.82) is 0 Å². The number of hydrogen-bond acceptors (Lipinski definition) is 10. The first kappa shape index (κ1) is 30.6. The summed E-state index contributed by atoms with van der Waals surface area (Å²) in [5.74, 6) is -1.30. The molecule has 43 heavy (non-hydrogen) atoms. The summed E-state index contributed by atoms with van der Waals surface area (Å²) in [6, 6.07) is 6.06. The Morgan fingerprint density at radius 2 is 1.88 bits per heavy atom. The Labute approximate surface area is 249 Å². The minimum Gasteiger partial charge on any atom is -0.458 e. The van der Waals surface area contributed by atoms with Crippen LogP contribution in [0, 0.1) is 44.6 Å². The average Bonchev–Trinajstić information content (AvgIpc) is 3.30. The van der Waals surface area contributed by atoms with Crippen LogP contribution < -0.4 is 4.74 Å². The zero-order chi connectivity index (χ0) is 30.9. The number of esters is 2. The maximum Gasteiger partial charge on any atom is 0.311 e. The third kappa shape index (κ3) is 6.13. The van der Waals surface area contributed by atoms with Gasteiger partial charge in [-0.15, -0.1) is 10.1 Å². The third-order valence-electron chi connectivity index (χ3n) is 10.3. The second kappa shape index (κ2) is 12.0. The highest BCUT2D eigenvalue weighted by molar-refractivity contribution is 6.01. The molecule has 0 radical (unpaired) electrons. The van der Waals surface area contributed by atoms with E-state index in [1.807, 2.05) is 6.08 Å². The van der Waals surface area contributed by atoms with E-state index < -0.39 is 28.5 Å². The first-order chi connectivity index (χ1) is 20.4. The van der Waals surface area contributed by atoms with Crippen LogP contribution in [0.4, 0.5) is 0 Å². The SMILES string of the molecule is CC12C=CC(=O)C=C1CCC1C2C(O)CC2(C)C(C(=O)COC(=O)CCC(=O)Oc3cccc(CO[N+](=O)[O-])c3)CCC12. The van der Waals surface area contributed by atoms with Gasteiger partial charge in [-0.25, -0.2) is 0 Å². The van der Waals surface area contributed by atoms with Gasteiger partial charge in [0.2, 0.25) is 0 Å². The van der Waals surface area contributed by atoms with Crippen LogP contribution in [0.15, 0.2) is 48.1 Å². The highest BCUT2D eigenvalue weighted by Gasteiger charge is 2.62. The molecule has 3 saturated carbocycles. The number of Topliss-reactive ketones (excluding diaryl/α,β-unsaturated/α-hetero) is 1. The number of allylic oxidation sites excluding steroid dienone is 4. The van der Waals surface area contributed by atoms with Crippen molar-refractivity contribution in [3.8, 4) is 5.75 Å². The van der Waals surface area contributed by atoms with Crippen molar-refractivity contribution < 1.29 is 43.7 Å². The molecule has 1 aromatic rings. The summed E-state index contributed by atoms with van der Waals surface area (Å²) in [7, 11) is 0. The van der Waals surface area contributed by atoms with E-state index in [2.05, 4.69) is 18.7 Å². The van der Waals surface area contributed by atoms with Crippen molar-refractivity contribution in [3.63, 3.8) is 0 Å². The molecule has 1 aromatic carbocycles. The van der Waals surface area contributed by atoms with E-state index in [-0.39, 0.29) is 72.5 Å². The van der Waals surface area contributed by atoms with E-state index in [1.54, 1.807) is 24.3 Å². The highest BCUT2D eigenvalue weighted by atomic mass is 16.9. The summed E-state index contributed by atoms with van der Waals surface area (Å²) in [4.78, 5) is 64.6. The van der Waals surface area contributed by atoms with Crippen LogP contribution in [0.1, 0.15) is 64.4 Å². The van der Waals surface area contributed by atoms with Crippen LogP contribution in [0.5, 0.6) is 5.75 Å². The van der Waals surface area contributed by atoms with Crippen LogP contribution in [0.2, 0.25) is 0 Å². The van der Waals surface area contributed by atoms with Crippen LogP contribution in [-0.2, 0) is 35.4 Å². The molecule has 11 nitrogen and oxygen atoms in total. The Morgan fingerprint density at radius 3 is 2.65 bits per heavy atom. The van der Waals surface area contributed by atoms with Crippen LogP contribution in [0.3, 0.4) is 0 Å². The van der Waals surface area contributed by atoms with Gasteiger partial charge in [-0.3, -0.25) is 19.2 Å². The van der Waals surface area contributed by atoms with E-state index in [1.165, 1.54) is 12.1 Å². The number of aliphatic hydroxyl groups is 1. The lowest BCUT2D eigenvalue weighted by atomic mass is 9.46. The quantitative estimate of drug-likeness (QED) is 0.181. The van der Waals surface area contributed by atoms with Gasteiger partial charge in [0.15, 0.2) is 11.6 Å². The summed E-state index contributed by atoms with van der Waals surface area (Å²) < 4.78 is 10.5. The molecule has 5 rings (SSSR count). The number of benzene rings is 1. The summed E-state index contributed by atoms with van der Waals surface area (Å²) in [6.07, 6.45) is 7.80. The number of nitrogens with zero attached hydrogens (tertiary/aromatic N) is 1. The third-order valence-corrected chi connectivity index (χ3v) is 10.3. The van der Waals surface area contributed by atoms with Crippen LogP contribution in [0.25, 0.3) is 0 Å². The maximum atomic E-state index is 13.3. The second-order valence-corrected chi connectivity index (χ2v) is 12.7. The second-order valence-electron chi connectivity index (χ2n) is 12.7. The zero-order valence-corrected chi connectivity index (χ0v) is 24.4. The van der Waals surface area contributed by atoms with Crippen LogP contribution in [-0.4, -0.2) is 46.4 Å². The molecule has 0 aliphatic heterocycles. The molecule has 0 aromatic heterocycles. The van der Waals surface area contributed by atoms with E-state index in [9.17, 15) is 34.4 Å². The molecule has 0 bridgehead atoms. The molecule has 4 aliphatic carbocycles. The lowest BCUT2D eigenvalue weighted by Gasteiger charge is -2.58. The molecule has 0 heterocycles. The topological polar surface area (TPSA) is 159 Å². The Bertz CT molecular complexity index is 1380. The molecule has 0 saturated heterocycles. The lowest BCUT2D eigenvalue weighted by molar-refractivity contribution is -0.763. The number of hydrogen-bond donors (Lipinski definition) is 1. The maximum absolute atomic E-state index is 13.3. The summed E-state index contributed by atoms with van der Waals surface area (Å²) >= 11 is 0. The molecular weight excluding hydrogens is 558 g/mol. The fourth-order valence-corrected chi connectivity index (χ4v) is 8.39. The van der Waals surface area contributed by atoms with E-state index in [0.29, 0.717) is 18.4 Å². The first-order valence-corrected chi connectivity index (χ1v) is 14.8. The molecule has 11 heteroatoms. The Kier molecular flexibility index (Phi) is 8.56. The van der Waals surface area contributed by atoms with Crippen molar-refractivity contribution in [2.75, 3.05) is 6.61 Å². The molecule has 4 aliphatic rings. The fraction of sp³-hybridized carbons (Fsp3) is 0.562. The van der Waals surface area contributed by atoms with E-state index in [0.717, 1.165) is 24.8 Å². The lowest BCUT2D eigenvalue weighted by Crippen LogP contribution is -2.56. The molecule has 7 atom stereocenters. The molecule has 7 unspecified atom stereocenters. The first-order valence-electron chi connectivity index (χ1n) is 14.8. The van der Waals surface area contributed by atoms with Gasteiger partial charge in [-0.1, -0.05) is 37.6 Å². The molecular formula is C32H37NO10. The van der Waals surface area contributed by atoms with Gasteiger partial charge in [0.1, 0.15) is 19.0 Å². The smallest absolute Gasteiger partial charge is 0.311 e. The Balaban J connectivity index is 1.12. The van der Waals surface area contributed by atoms with Gasteiger partial charge in [-0.05, 0) is 79.2 Å². The average molecular weight is 596 g/mol. The van der Waals surface area contributed by atoms with Crippen molar-refractivity contribution in [2.24, 2.45) is 34.5 Å². The number of carbonyl (C=O) groups excluding carboxylic acids is 4. The minimum atomic E-state index is -0.920. The standard InChI is InChI=1S/C32H37NO10/c1-31-13-12-21(34)15-20(31)6-7-23-24-8-9-25(32(24,2)16-26(35)30(23)31)27(36)18-41-28(37)10-11-29(38)43-22-5-3-4-19(14-22)17-42-33(39)40/h3-5,12-15,23-26,30,35H,6-11,16-18H2,1-2H3. The molecule has 230 valence electrons. The summed E-state index contributed by atoms with van der Waals surface area (Å²) in [5.41, 5.74) is 0.732. The van der Waals surface area contributed by atoms with Crippen LogP contribution >= 0.6 is 0 Å². The van der Waals surface area contributed by atoms with Gasteiger partial charge < -0.3 is 19.4 Å². The van der Waals surface area contributed by atoms with Gasteiger partial charge in [0, 0.05) is 17.3 Å². The zero-order valence-electron chi connectivity index (χ0n) is 24.4. The van der Waals surface area contributed by atoms with Gasteiger partial charge in [-0.2, -0.15) is 0 Å². The minimum absolute atomic E-state index is 0.00763. The predicted octanol–water partition coefficient (Wildman–Crippen LogP) is 4.09. The van der Waals surface area contributed by atoms with Crippen molar-refractivity contribution in [2.45, 2.75) is 71.5 Å². The van der Waals surface area contributed by atoms with E-state index in [4.69, 9.17) is 9.47 Å². The fourth-order valence-electron chi connectivity index (χ4n) is 8.39. The summed E-state index contributed by atoms with van der Waals surface area (Å²) in [5, 5.41) is 20.9. The molecule has 1 N–H and O–H groups in total. The van der Waals surface area contributed by atoms with Gasteiger partial charge >= 0.3 is 11.9 Å². The van der Waals surface area contributed by atoms with Crippen molar-refractivity contribution in [3.05, 3.63) is 63.7 Å². The number of carbonyl (C=O) groups is 4. The number of fused-ring (bicyclic) bond motifs is 5. The summed E-state index contributed by atoms with van der Waals surface area (Å²) in [6.45, 7) is 3.51. The van der Waals surface area contributed by atoms with E-state index >= 15 is 0 Å². The highest BCUT2D eigenvalue weighted by Crippen LogP contribution is 2.66. The number of ketones is 2. The van der Waals surface area contributed by atoms with Crippen molar-refractivity contribution >= 4 is 23.5 Å². The number of ether oxygens (including phenoxy) is 2. The van der Waals surface area contributed by atoms with Crippen molar-refractivity contribution in [1.82, 2.24) is 0 Å². The van der Waals surface area contributed by atoms with Gasteiger partial charge in [0.25, 0.3) is 5.09 Å². The normalized spacial score (nSPS) is 32.5. The molecule has 0 spiro atoms. The molecule has 0 amide bonds. The Morgan fingerprint density at radius 1 is 1.12 bits per heavy atom. The monoisotopic (exact) mass is 595 g/mol. The predicted molar refractivity (Wildman–Crippen MR) is 151 cm³/mol. The number of aliphatic hydroxyl groups excluding tert-OH is 1. The molecule has 3 fully saturated rings. The Hall–Kier alpha value is -3.86. The number of rotatable bonds is 10. The van der Waals surface area contributed by atoms with Gasteiger partial charge in [0.05, 0.1) is 18.9 Å². The largest absolute Gasteiger partial charge is 0.458 e.